The monoisotopic (exact) mass is 339 g/mol. The van der Waals surface area contributed by atoms with E-state index in [4.69, 9.17) is 23.2 Å². The molecular formula is C17H16Cl2FNO. The summed E-state index contributed by atoms with van der Waals surface area (Å²) in [5.41, 5.74) is 1.70. The number of hydrogen-bond donors (Lipinski definition) is 1. The van der Waals surface area contributed by atoms with Gasteiger partial charge in [0.05, 0.1) is 16.1 Å². The highest BCUT2D eigenvalue weighted by molar-refractivity contribution is 6.42. The minimum atomic E-state index is -0.294. The Labute approximate surface area is 139 Å². The van der Waals surface area contributed by atoms with Crippen molar-refractivity contribution in [3.8, 4) is 0 Å². The van der Waals surface area contributed by atoms with E-state index < -0.39 is 0 Å². The molecule has 2 nitrogen and oxygen atoms in total. The summed E-state index contributed by atoms with van der Waals surface area (Å²) in [6, 6.07) is 11.3. The lowest BCUT2D eigenvalue weighted by Gasteiger charge is -2.14. The van der Waals surface area contributed by atoms with Gasteiger partial charge in [-0.2, -0.15) is 0 Å². The molecule has 5 heteroatoms. The molecule has 0 radical (unpaired) electrons. The second kappa shape index (κ2) is 7.61. The molecule has 1 unspecified atom stereocenters. The highest BCUT2D eigenvalue weighted by atomic mass is 35.5. The van der Waals surface area contributed by atoms with Gasteiger partial charge in [0.1, 0.15) is 5.82 Å². The molecule has 22 heavy (non-hydrogen) atoms. The van der Waals surface area contributed by atoms with Crippen LogP contribution in [0.3, 0.4) is 0 Å². The number of halogens is 3. The van der Waals surface area contributed by atoms with Crippen molar-refractivity contribution in [1.29, 1.82) is 0 Å². The molecule has 116 valence electrons. The Balaban J connectivity index is 1.90. The van der Waals surface area contributed by atoms with Crippen molar-refractivity contribution in [1.82, 2.24) is 5.32 Å². The first-order valence-electron chi connectivity index (χ1n) is 6.95. The first-order valence-corrected chi connectivity index (χ1v) is 7.70. The zero-order valence-electron chi connectivity index (χ0n) is 12.1. The maximum Gasteiger partial charge on any atom is 0.220 e. The van der Waals surface area contributed by atoms with Gasteiger partial charge in [0.2, 0.25) is 5.91 Å². The Morgan fingerprint density at radius 2 is 1.86 bits per heavy atom. The van der Waals surface area contributed by atoms with Crippen LogP contribution in [0.5, 0.6) is 0 Å². The maximum atomic E-state index is 12.9. The van der Waals surface area contributed by atoms with Crippen molar-refractivity contribution in [2.75, 3.05) is 0 Å². The molecule has 1 amide bonds. The molecule has 1 atom stereocenters. The fourth-order valence-corrected chi connectivity index (χ4v) is 2.55. The zero-order valence-corrected chi connectivity index (χ0v) is 13.6. The van der Waals surface area contributed by atoms with E-state index in [0.29, 0.717) is 22.9 Å². The number of hydrogen-bond acceptors (Lipinski definition) is 1. The molecule has 2 aromatic rings. The molecule has 0 saturated heterocycles. The summed E-state index contributed by atoms with van der Waals surface area (Å²) >= 11 is 12.0. The Morgan fingerprint density at radius 1 is 1.18 bits per heavy atom. The fraction of sp³-hybridized carbons (Fsp3) is 0.235. The van der Waals surface area contributed by atoms with Crippen LogP contribution in [0.2, 0.25) is 10.0 Å². The average molecular weight is 340 g/mol. The standard InChI is InChI=1S/C17H16Cl2FNO/c1-11(12-5-8-14(20)9-6-12)21-16(22)10-7-13-3-2-4-15(18)17(13)19/h2-6,8-9,11H,7,10H2,1H3,(H,21,22). The number of rotatable bonds is 5. The fourth-order valence-electron chi connectivity index (χ4n) is 2.14. The van der Waals surface area contributed by atoms with E-state index in [9.17, 15) is 9.18 Å². The van der Waals surface area contributed by atoms with E-state index >= 15 is 0 Å². The quantitative estimate of drug-likeness (QED) is 0.820. The summed E-state index contributed by atoms with van der Waals surface area (Å²) in [6.45, 7) is 1.86. The van der Waals surface area contributed by atoms with Crippen molar-refractivity contribution in [3.05, 3.63) is 69.5 Å². The average Bonchev–Trinajstić information content (AvgIpc) is 2.49. The third-order valence-electron chi connectivity index (χ3n) is 3.40. The molecule has 0 bridgehead atoms. The van der Waals surface area contributed by atoms with E-state index in [0.717, 1.165) is 11.1 Å². The summed E-state index contributed by atoms with van der Waals surface area (Å²) in [4.78, 5) is 12.0. The Hall–Kier alpha value is -1.58. The van der Waals surface area contributed by atoms with Crippen LogP contribution in [0.25, 0.3) is 0 Å². The van der Waals surface area contributed by atoms with Crippen molar-refractivity contribution in [2.45, 2.75) is 25.8 Å². The number of aryl methyl sites for hydroxylation is 1. The van der Waals surface area contributed by atoms with Crippen LogP contribution >= 0.6 is 23.2 Å². The lowest BCUT2D eigenvalue weighted by Crippen LogP contribution is -2.26. The minimum Gasteiger partial charge on any atom is -0.350 e. The summed E-state index contributed by atoms with van der Waals surface area (Å²) < 4.78 is 12.9. The van der Waals surface area contributed by atoms with Gasteiger partial charge in [-0.25, -0.2) is 4.39 Å². The normalized spacial score (nSPS) is 12.0. The summed E-state index contributed by atoms with van der Waals surface area (Å²) in [5.74, 6) is -0.384. The van der Waals surface area contributed by atoms with Gasteiger partial charge in [-0.05, 0) is 42.7 Å². The first-order chi connectivity index (χ1) is 10.5. The number of nitrogens with one attached hydrogen (secondary N) is 1. The van der Waals surface area contributed by atoms with Crippen LogP contribution in [-0.2, 0) is 11.2 Å². The molecule has 0 aliphatic heterocycles. The highest BCUT2D eigenvalue weighted by Gasteiger charge is 2.11. The maximum absolute atomic E-state index is 12.9. The summed E-state index contributed by atoms with van der Waals surface area (Å²) in [6.07, 6.45) is 0.826. The van der Waals surface area contributed by atoms with Crippen LogP contribution in [0.15, 0.2) is 42.5 Å². The molecule has 2 rings (SSSR count). The molecule has 0 spiro atoms. The molecule has 0 aliphatic rings. The van der Waals surface area contributed by atoms with Gasteiger partial charge in [-0.1, -0.05) is 47.5 Å². The molecule has 0 fully saturated rings. The Kier molecular flexibility index (Phi) is 5.81. The van der Waals surface area contributed by atoms with E-state index in [1.54, 1.807) is 18.2 Å². The van der Waals surface area contributed by atoms with Gasteiger partial charge in [0, 0.05) is 6.42 Å². The predicted molar refractivity (Wildman–Crippen MR) is 87.7 cm³/mol. The van der Waals surface area contributed by atoms with E-state index in [1.807, 2.05) is 19.1 Å². The molecule has 0 aliphatic carbocycles. The number of benzene rings is 2. The molecule has 0 aromatic heterocycles. The molecule has 0 heterocycles. The Bertz CT molecular complexity index is 658. The number of carbonyl (C=O) groups is 1. The third-order valence-corrected chi connectivity index (χ3v) is 4.26. The lowest BCUT2D eigenvalue weighted by atomic mass is 10.1. The molecule has 1 N–H and O–H groups in total. The van der Waals surface area contributed by atoms with Gasteiger partial charge < -0.3 is 5.32 Å². The lowest BCUT2D eigenvalue weighted by molar-refractivity contribution is -0.121. The van der Waals surface area contributed by atoms with Crippen LogP contribution in [-0.4, -0.2) is 5.91 Å². The smallest absolute Gasteiger partial charge is 0.220 e. The summed E-state index contributed by atoms with van der Waals surface area (Å²) in [7, 11) is 0. The third kappa shape index (κ3) is 4.46. The molecule has 0 saturated carbocycles. The van der Waals surface area contributed by atoms with Crippen LogP contribution < -0.4 is 5.32 Å². The largest absolute Gasteiger partial charge is 0.350 e. The molecule has 2 aromatic carbocycles. The van der Waals surface area contributed by atoms with Crippen molar-refractivity contribution >= 4 is 29.1 Å². The zero-order chi connectivity index (χ0) is 16.1. The van der Waals surface area contributed by atoms with Crippen LogP contribution in [0, 0.1) is 5.82 Å². The predicted octanol–water partition coefficient (Wildman–Crippen LogP) is 4.94. The Morgan fingerprint density at radius 3 is 2.55 bits per heavy atom. The van der Waals surface area contributed by atoms with Crippen molar-refractivity contribution in [3.63, 3.8) is 0 Å². The van der Waals surface area contributed by atoms with E-state index in [-0.39, 0.29) is 17.8 Å². The van der Waals surface area contributed by atoms with Gasteiger partial charge in [-0.3, -0.25) is 4.79 Å². The SMILES string of the molecule is CC(NC(=O)CCc1cccc(Cl)c1Cl)c1ccc(F)cc1. The second-order valence-electron chi connectivity index (χ2n) is 5.05. The topological polar surface area (TPSA) is 29.1 Å². The van der Waals surface area contributed by atoms with Gasteiger partial charge in [0.15, 0.2) is 0 Å². The summed E-state index contributed by atoms with van der Waals surface area (Å²) in [5, 5.41) is 3.86. The van der Waals surface area contributed by atoms with E-state index in [1.165, 1.54) is 12.1 Å². The number of amides is 1. The van der Waals surface area contributed by atoms with Gasteiger partial charge >= 0.3 is 0 Å². The van der Waals surface area contributed by atoms with Gasteiger partial charge in [-0.15, -0.1) is 0 Å². The first kappa shape index (κ1) is 16.8. The number of carbonyl (C=O) groups excluding carboxylic acids is 1. The van der Waals surface area contributed by atoms with Crippen LogP contribution in [0.1, 0.15) is 30.5 Å². The van der Waals surface area contributed by atoms with Crippen molar-refractivity contribution in [2.24, 2.45) is 0 Å². The highest BCUT2D eigenvalue weighted by Crippen LogP contribution is 2.26. The van der Waals surface area contributed by atoms with Crippen LogP contribution in [0.4, 0.5) is 4.39 Å². The van der Waals surface area contributed by atoms with E-state index in [2.05, 4.69) is 5.32 Å². The van der Waals surface area contributed by atoms with Crippen molar-refractivity contribution < 1.29 is 9.18 Å². The minimum absolute atomic E-state index is 0.0899. The second-order valence-corrected chi connectivity index (χ2v) is 5.84. The molecular weight excluding hydrogens is 324 g/mol. The van der Waals surface area contributed by atoms with Gasteiger partial charge in [0.25, 0.3) is 0 Å².